The van der Waals surface area contributed by atoms with Gasteiger partial charge in [0.25, 0.3) is 0 Å². The Hall–Kier alpha value is -1.42. The van der Waals surface area contributed by atoms with Crippen molar-refractivity contribution in [1.29, 1.82) is 0 Å². The van der Waals surface area contributed by atoms with Gasteiger partial charge in [-0.15, -0.1) is 5.10 Å². The van der Waals surface area contributed by atoms with Crippen LogP contribution in [0.4, 0.5) is 0 Å². The Balaban J connectivity index is 1.49. The number of nitrogens with two attached hydrogens (primary N) is 1. The number of hydrogen-bond acceptors (Lipinski definition) is 3. The van der Waals surface area contributed by atoms with Crippen molar-refractivity contribution >= 4 is 11.0 Å². The van der Waals surface area contributed by atoms with Gasteiger partial charge in [0, 0.05) is 0 Å². The first-order chi connectivity index (χ1) is 10.9. The lowest BCUT2D eigenvalue weighted by molar-refractivity contribution is 0.553. The summed E-state index contributed by atoms with van der Waals surface area (Å²) in [6.45, 7) is 0.849. The molecule has 0 saturated heterocycles. The Kier molecular flexibility index (Phi) is 7.96. The third-order valence-corrected chi connectivity index (χ3v) is 4.34. The molecule has 122 valence electrons. The predicted octanol–water partition coefficient (Wildman–Crippen LogP) is 4.36. The SMILES string of the molecule is NCCCCCCCCCCCCc1cccc2[nH]nnc12. The van der Waals surface area contributed by atoms with Gasteiger partial charge in [-0.3, -0.25) is 5.10 Å². The number of nitrogens with zero attached hydrogens (tertiary/aromatic N) is 2. The minimum Gasteiger partial charge on any atom is -0.330 e. The van der Waals surface area contributed by atoms with Crippen molar-refractivity contribution in [2.24, 2.45) is 5.73 Å². The highest BCUT2D eigenvalue weighted by Crippen LogP contribution is 2.17. The van der Waals surface area contributed by atoms with Gasteiger partial charge < -0.3 is 5.73 Å². The highest BCUT2D eigenvalue weighted by Gasteiger charge is 2.03. The van der Waals surface area contributed by atoms with Crippen LogP contribution in [0.15, 0.2) is 18.2 Å². The van der Waals surface area contributed by atoms with E-state index in [2.05, 4.69) is 27.5 Å². The summed E-state index contributed by atoms with van der Waals surface area (Å²) in [4.78, 5) is 0. The first-order valence-corrected chi connectivity index (χ1v) is 8.90. The molecule has 2 rings (SSSR count). The number of rotatable bonds is 12. The van der Waals surface area contributed by atoms with Crippen LogP contribution >= 0.6 is 0 Å². The summed E-state index contributed by atoms with van der Waals surface area (Å²) < 4.78 is 0. The molecule has 0 unspecified atom stereocenters. The molecule has 0 radical (unpaired) electrons. The summed E-state index contributed by atoms with van der Waals surface area (Å²) in [5, 5.41) is 11.0. The van der Waals surface area contributed by atoms with Gasteiger partial charge in [0.05, 0.1) is 5.52 Å². The Labute approximate surface area is 133 Å². The molecule has 0 amide bonds. The van der Waals surface area contributed by atoms with E-state index >= 15 is 0 Å². The lowest BCUT2D eigenvalue weighted by Gasteiger charge is -2.03. The number of H-pyrrole nitrogens is 1. The highest BCUT2D eigenvalue weighted by atomic mass is 15.3. The number of fused-ring (bicyclic) bond motifs is 1. The van der Waals surface area contributed by atoms with Gasteiger partial charge in [-0.1, -0.05) is 68.7 Å². The first-order valence-electron chi connectivity index (χ1n) is 8.90. The fourth-order valence-electron chi connectivity index (χ4n) is 3.00. The van der Waals surface area contributed by atoms with E-state index in [9.17, 15) is 0 Å². The quantitative estimate of drug-likeness (QED) is 0.572. The Morgan fingerprint density at radius 1 is 0.818 bits per heavy atom. The van der Waals surface area contributed by atoms with Crippen molar-refractivity contribution in [3.8, 4) is 0 Å². The summed E-state index contributed by atoms with van der Waals surface area (Å²) in [6.07, 6.45) is 14.5. The normalized spacial score (nSPS) is 11.3. The van der Waals surface area contributed by atoms with Gasteiger partial charge in [-0.05, 0) is 37.4 Å². The molecular formula is C18H30N4. The third kappa shape index (κ3) is 5.76. The van der Waals surface area contributed by atoms with Crippen LogP contribution in [0, 0.1) is 0 Å². The summed E-state index contributed by atoms with van der Waals surface area (Å²) >= 11 is 0. The van der Waals surface area contributed by atoms with Gasteiger partial charge in [0.1, 0.15) is 5.52 Å². The van der Waals surface area contributed by atoms with Crippen LogP contribution in [0.25, 0.3) is 11.0 Å². The molecule has 4 nitrogen and oxygen atoms in total. The minimum absolute atomic E-state index is 0.849. The van der Waals surface area contributed by atoms with Gasteiger partial charge in [0.2, 0.25) is 0 Å². The second-order valence-corrected chi connectivity index (χ2v) is 6.20. The molecule has 0 aliphatic carbocycles. The Bertz CT molecular complexity index is 521. The lowest BCUT2D eigenvalue weighted by atomic mass is 10.0. The number of hydrogen-bond donors (Lipinski definition) is 2. The monoisotopic (exact) mass is 302 g/mol. The number of aryl methyl sites for hydroxylation is 1. The van der Waals surface area contributed by atoms with Crippen molar-refractivity contribution < 1.29 is 0 Å². The smallest absolute Gasteiger partial charge is 0.116 e. The Morgan fingerprint density at radius 3 is 2.14 bits per heavy atom. The maximum absolute atomic E-state index is 5.49. The van der Waals surface area contributed by atoms with Gasteiger partial charge in [0.15, 0.2) is 0 Å². The van der Waals surface area contributed by atoms with Crippen LogP contribution in [0.3, 0.4) is 0 Å². The maximum Gasteiger partial charge on any atom is 0.116 e. The molecule has 2 aromatic rings. The molecule has 4 heteroatoms. The van der Waals surface area contributed by atoms with E-state index in [0.717, 1.165) is 24.0 Å². The van der Waals surface area contributed by atoms with Crippen LogP contribution in [0.1, 0.15) is 69.8 Å². The van der Waals surface area contributed by atoms with E-state index in [1.54, 1.807) is 0 Å². The molecule has 0 atom stereocenters. The standard InChI is InChI=1S/C18H30N4/c19-15-10-8-6-4-2-1-3-5-7-9-12-16-13-11-14-17-18(16)21-22-20-17/h11,13-14H,1-10,12,15,19H2,(H,20,21,22). The van der Waals surface area contributed by atoms with Crippen LogP contribution in [0.5, 0.6) is 0 Å². The van der Waals surface area contributed by atoms with E-state index in [0.29, 0.717) is 0 Å². The molecule has 0 spiro atoms. The molecule has 0 bridgehead atoms. The fraction of sp³-hybridized carbons (Fsp3) is 0.667. The van der Waals surface area contributed by atoms with Crippen molar-refractivity contribution in [2.75, 3.05) is 6.54 Å². The van der Waals surface area contributed by atoms with E-state index in [-0.39, 0.29) is 0 Å². The second-order valence-electron chi connectivity index (χ2n) is 6.20. The van der Waals surface area contributed by atoms with Crippen LogP contribution < -0.4 is 5.73 Å². The zero-order valence-corrected chi connectivity index (χ0v) is 13.7. The molecule has 3 N–H and O–H groups in total. The molecule has 1 aromatic heterocycles. The van der Waals surface area contributed by atoms with Crippen LogP contribution in [-0.2, 0) is 6.42 Å². The van der Waals surface area contributed by atoms with Crippen LogP contribution in [-0.4, -0.2) is 22.0 Å². The fourth-order valence-corrected chi connectivity index (χ4v) is 3.00. The summed E-state index contributed by atoms with van der Waals surface area (Å²) in [5.74, 6) is 0. The molecular weight excluding hydrogens is 272 g/mol. The number of aromatic nitrogens is 3. The summed E-state index contributed by atoms with van der Waals surface area (Å²) in [6, 6.07) is 6.29. The molecule has 22 heavy (non-hydrogen) atoms. The average Bonchev–Trinajstić information content (AvgIpc) is 3.02. The van der Waals surface area contributed by atoms with Crippen molar-refractivity contribution in [3.05, 3.63) is 23.8 Å². The highest BCUT2D eigenvalue weighted by molar-refractivity contribution is 5.77. The Morgan fingerprint density at radius 2 is 1.45 bits per heavy atom. The van der Waals surface area contributed by atoms with Crippen molar-refractivity contribution in [2.45, 2.75) is 70.6 Å². The van der Waals surface area contributed by atoms with Gasteiger partial charge >= 0.3 is 0 Å². The molecule has 0 saturated carbocycles. The molecule has 0 fully saturated rings. The number of unbranched alkanes of at least 4 members (excludes halogenated alkanes) is 9. The number of nitrogens with one attached hydrogen (secondary N) is 1. The summed E-state index contributed by atoms with van der Waals surface area (Å²) in [7, 11) is 0. The van der Waals surface area contributed by atoms with E-state index < -0.39 is 0 Å². The van der Waals surface area contributed by atoms with E-state index in [1.807, 2.05) is 6.07 Å². The van der Waals surface area contributed by atoms with Crippen molar-refractivity contribution in [3.63, 3.8) is 0 Å². The molecule has 1 aromatic carbocycles. The predicted molar refractivity (Wildman–Crippen MR) is 92.8 cm³/mol. The van der Waals surface area contributed by atoms with Crippen molar-refractivity contribution in [1.82, 2.24) is 15.4 Å². The number of benzene rings is 1. The zero-order chi connectivity index (χ0) is 15.5. The van der Waals surface area contributed by atoms with Gasteiger partial charge in [-0.2, -0.15) is 0 Å². The van der Waals surface area contributed by atoms with E-state index in [1.165, 1.54) is 69.8 Å². The largest absolute Gasteiger partial charge is 0.330 e. The maximum atomic E-state index is 5.49. The molecule has 0 aliphatic heterocycles. The average molecular weight is 302 g/mol. The molecule has 1 heterocycles. The third-order valence-electron chi connectivity index (χ3n) is 4.34. The molecule has 0 aliphatic rings. The van der Waals surface area contributed by atoms with E-state index in [4.69, 9.17) is 5.73 Å². The summed E-state index contributed by atoms with van der Waals surface area (Å²) in [5.41, 5.74) is 8.91. The topological polar surface area (TPSA) is 67.6 Å². The second kappa shape index (κ2) is 10.3. The number of aromatic amines is 1. The minimum atomic E-state index is 0.849. The van der Waals surface area contributed by atoms with Crippen LogP contribution in [0.2, 0.25) is 0 Å². The lowest BCUT2D eigenvalue weighted by Crippen LogP contribution is -1.97. The van der Waals surface area contributed by atoms with Gasteiger partial charge in [-0.25, -0.2) is 0 Å². The first kappa shape index (κ1) is 16.9. The zero-order valence-electron chi connectivity index (χ0n) is 13.7.